The Morgan fingerprint density at radius 2 is 2.42 bits per heavy atom. The molecule has 1 rings (SSSR count). The fourth-order valence-corrected chi connectivity index (χ4v) is 1.96. The van der Waals surface area contributed by atoms with Crippen LogP contribution in [-0.4, -0.2) is 37.1 Å². The first kappa shape index (κ1) is 9.52. The number of hydrogen-bond acceptors (Lipinski definition) is 3. The topological polar surface area (TPSA) is 29.5 Å². The van der Waals surface area contributed by atoms with Gasteiger partial charge in [0.1, 0.15) is 5.60 Å². The van der Waals surface area contributed by atoms with Crippen LogP contribution in [0.15, 0.2) is 0 Å². The molecule has 1 aliphatic rings. The van der Waals surface area contributed by atoms with Gasteiger partial charge in [0.05, 0.1) is 0 Å². The first-order chi connectivity index (χ1) is 5.72. The average Bonchev–Trinajstić information content (AvgIpc) is 2.34. The van der Waals surface area contributed by atoms with E-state index < -0.39 is 0 Å². The minimum atomic E-state index is -0.175. The zero-order chi connectivity index (χ0) is 9.03. The maximum atomic E-state index is 10.3. The third-order valence-electron chi connectivity index (χ3n) is 2.51. The van der Waals surface area contributed by atoms with E-state index in [0.717, 1.165) is 32.4 Å². The van der Waals surface area contributed by atoms with E-state index in [1.807, 2.05) is 0 Å². The second-order valence-electron chi connectivity index (χ2n) is 3.63. The Morgan fingerprint density at radius 1 is 1.67 bits per heavy atom. The van der Waals surface area contributed by atoms with Crippen LogP contribution in [-0.2, 0) is 9.53 Å². The third-order valence-corrected chi connectivity index (χ3v) is 2.51. The minimum absolute atomic E-state index is 0.175. The molecule has 0 spiro atoms. The highest BCUT2D eigenvalue weighted by Gasteiger charge is 2.37. The summed E-state index contributed by atoms with van der Waals surface area (Å²) in [5.41, 5.74) is -0.175. The highest BCUT2D eigenvalue weighted by molar-refractivity contribution is 5.38. The molecule has 3 nitrogen and oxygen atoms in total. The lowest BCUT2D eigenvalue weighted by atomic mass is 9.97. The molecule has 1 atom stereocenters. The lowest BCUT2D eigenvalue weighted by molar-refractivity contribution is -0.143. The van der Waals surface area contributed by atoms with E-state index in [-0.39, 0.29) is 5.60 Å². The van der Waals surface area contributed by atoms with Gasteiger partial charge in [-0.1, -0.05) is 13.3 Å². The molecule has 70 valence electrons. The lowest BCUT2D eigenvalue weighted by Gasteiger charge is -2.26. The van der Waals surface area contributed by atoms with Crippen molar-refractivity contribution in [3.8, 4) is 0 Å². The van der Waals surface area contributed by atoms with Crippen LogP contribution < -0.4 is 0 Å². The van der Waals surface area contributed by atoms with Crippen molar-refractivity contribution in [2.24, 2.45) is 0 Å². The quantitative estimate of drug-likeness (QED) is 0.592. The fraction of sp³-hybridized carbons (Fsp3) is 0.889. The molecule has 0 bridgehead atoms. The maximum absolute atomic E-state index is 10.3. The predicted molar refractivity (Wildman–Crippen MR) is 46.9 cm³/mol. The molecular weight excluding hydrogens is 154 g/mol. The van der Waals surface area contributed by atoms with Crippen molar-refractivity contribution in [1.29, 1.82) is 0 Å². The number of rotatable bonds is 4. The largest absolute Gasteiger partial charge is 0.460 e. The zero-order valence-corrected chi connectivity index (χ0v) is 7.88. The number of likely N-dealkylation sites (N-methyl/N-ethyl adjacent to an activating group) is 1. The Bertz CT molecular complexity index is 157. The number of nitrogens with zero attached hydrogens (tertiary/aromatic N) is 1. The first-order valence-electron chi connectivity index (χ1n) is 4.52. The summed E-state index contributed by atoms with van der Waals surface area (Å²) < 4.78 is 5.18. The molecule has 1 fully saturated rings. The second kappa shape index (κ2) is 3.90. The molecule has 12 heavy (non-hydrogen) atoms. The van der Waals surface area contributed by atoms with Crippen molar-refractivity contribution >= 4 is 6.47 Å². The Labute approximate surface area is 73.7 Å². The van der Waals surface area contributed by atoms with Crippen LogP contribution in [0.2, 0.25) is 0 Å². The summed E-state index contributed by atoms with van der Waals surface area (Å²) >= 11 is 0. The smallest absolute Gasteiger partial charge is 0.293 e. The number of ether oxygens (including phenoxy) is 1. The monoisotopic (exact) mass is 171 g/mol. The highest BCUT2D eigenvalue weighted by atomic mass is 16.5. The zero-order valence-electron chi connectivity index (χ0n) is 7.88. The summed E-state index contributed by atoms with van der Waals surface area (Å²) in [6.07, 6.45) is 3.04. The molecule has 3 heteroatoms. The van der Waals surface area contributed by atoms with Crippen LogP contribution in [0.1, 0.15) is 26.2 Å². The van der Waals surface area contributed by atoms with Gasteiger partial charge in [0.15, 0.2) is 0 Å². The van der Waals surface area contributed by atoms with E-state index in [0.29, 0.717) is 6.47 Å². The van der Waals surface area contributed by atoms with E-state index in [4.69, 9.17) is 4.74 Å². The molecule has 0 amide bonds. The van der Waals surface area contributed by atoms with Gasteiger partial charge in [-0.15, -0.1) is 0 Å². The number of carbonyl (C=O) groups excluding carboxylic acids is 1. The van der Waals surface area contributed by atoms with Crippen LogP contribution in [0.4, 0.5) is 0 Å². The Kier molecular flexibility index (Phi) is 3.09. The van der Waals surface area contributed by atoms with Gasteiger partial charge in [-0.3, -0.25) is 4.79 Å². The fourth-order valence-electron chi connectivity index (χ4n) is 1.96. The number of likely N-dealkylation sites (tertiary alicyclic amines) is 1. The summed E-state index contributed by atoms with van der Waals surface area (Å²) in [6, 6.07) is 0. The van der Waals surface area contributed by atoms with Crippen molar-refractivity contribution in [2.75, 3.05) is 20.1 Å². The van der Waals surface area contributed by atoms with Crippen LogP contribution in [0.25, 0.3) is 0 Å². The van der Waals surface area contributed by atoms with Crippen LogP contribution in [0.5, 0.6) is 0 Å². The molecule has 1 aliphatic heterocycles. The van der Waals surface area contributed by atoms with Gasteiger partial charge in [0.2, 0.25) is 0 Å². The van der Waals surface area contributed by atoms with E-state index >= 15 is 0 Å². The van der Waals surface area contributed by atoms with Crippen LogP contribution in [0, 0.1) is 0 Å². The molecule has 0 aliphatic carbocycles. The Balaban J connectivity index is 2.53. The van der Waals surface area contributed by atoms with Gasteiger partial charge < -0.3 is 9.64 Å². The SMILES string of the molecule is CCCC1(OC=O)CCN(C)C1. The molecule has 0 N–H and O–H groups in total. The molecule has 1 heterocycles. The molecule has 0 saturated carbocycles. The molecule has 0 aromatic heterocycles. The Hall–Kier alpha value is -0.570. The number of carbonyl (C=O) groups is 1. The van der Waals surface area contributed by atoms with E-state index in [9.17, 15) is 4.79 Å². The molecular formula is C9H17NO2. The standard InChI is InChI=1S/C9H17NO2/c1-3-4-9(12-8-11)5-6-10(2)7-9/h8H,3-7H2,1-2H3. The van der Waals surface area contributed by atoms with Crippen molar-refractivity contribution in [3.63, 3.8) is 0 Å². The average molecular weight is 171 g/mol. The lowest BCUT2D eigenvalue weighted by Crippen LogP contribution is -2.35. The van der Waals surface area contributed by atoms with Gasteiger partial charge in [-0.25, -0.2) is 0 Å². The maximum Gasteiger partial charge on any atom is 0.293 e. The van der Waals surface area contributed by atoms with Gasteiger partial charge in [0, 0.05) is 19.5 Å². The minimum Gasteiger partial charge on any atom is -0.460 e. The molecule has 1 unspecified atom stereocenters. The molecule has 0 aromatic carbocycles. The van der Waals surface area contributed by atoms with Gasteiger partial charge in [-0.2, -0.15) is 0 Å². The van der Waals surface area contributed by atoms with Crippen LogP contribution >= 0.6 is 0 Å². The van der Waals surface area contributed by atoms with Gasteiger partial charge >= 0.3 is 0 Å². The second-order valence-corrected chi connectivity index (χ2v) is 3.63. The molecule has 0 aromatic rings. The van der Waals surface area contributed by atoms with Gasteiger partial charge in [-0.05, 0) is 13.5 Å². The predicted octanol–water partition coefficient (Wildman–Crippen LogP) is 1.03. The van der Waals surface area contributed by atoms with Gasteiger partial charge in [0.25, 0.3) is 6.47 Å². The summed E-state index contributed by atoms with van der Waals surface area (Å²) in [4.78, 5) is 12.5. The number of hydrogen-bond donors (Lipinski definition) is 0. The Morgan fingerprint density at radius 3 is 2.83 bits per heavy atom. The normalized spacial score (nSPS) is 30.5. The van der Waals surface area contributed by atoms with E-state index in [2.05, 4.69) is 18.9 Å². The summed E-state index contributed by atoms with van der Waals surface area (Å²) in [5, 5.41) is 0. The highest BCUT2D eigenvalue weighted by Crippen LogP contribution is 2.28. The van der Waals surface area contributed by atoms with Crippen LogP contribution in [0.3, 0.4) is 0 Å². The summed E-state index contributed by atoms with van der Waals surface area (Å²) in [6.45, 7) is 4.64. The summed E-state index contributed by atoms with van der Waals surface area (Å²) in [5.74, 6) is 0. The van der Waals surface area contributed by atoms with E-state index in [1.165, 1.54) is 0 Å². The molecule has 1 saturated heterocycles. The van der Waals surface area contributed by atoms with Crippen molar-refractivity contribution in [1.82, 2.24) is 4.90 Å². The van der Waals surface area contributed by atoms with E-state index in [1.54, 1.807) is 0 Å². The molecule has 0 radical (unpaired) electrons. The third kappa shape index (κ3) is 1.97. The van der Waals surface area contributed by atoms with Crippen molar-refractivity contribution in [3.05, 3.63) is 0 Å². The van der Waals surface area contributed by atoms with Crippen molar-refractivity contribution in [2.45, 2.75) is 31.8 Å². The van der Waals surface area contributed by atoms with Crippen molar-refractivity contribution < 1.29 is 9.53 Å². The first-order valence-corrected chi connectivity index (χ1v) is 4.52. The summed E-state index contributed by atoms with van der Waals surface area (Å²) in [7, 11) is 2.06.